The molecule has 0 fully saturated rings. The highest BCUT2D eigenvalue weighted by atomic mass is 16.5. The molecule has 0 aliphatic heterocycles. The van der Waals surface area contributed by atoms with Gasteiger partial charge in [0.1, 0.15) is 11.6 Å². The third-order valence-electron chi connectivity index (χ3n) is 3.13. The summed E-state index contributed by atoms with van der Waals surface area (Å²) >= 11 is 0. The van der Waals surface area contributed by atoms with E-state index in [0.29, 0.717) is 0 Å². The Kier molecular flexibility index (Phi) is 2.91. The third-order valence-corrected chi connectivity index (χ3v) is 3.13. The summed E-state index contributed by atoms with van der Waals surface area (Å²) in [4.78, 5) is 0. The minimum absolute atomic E-state index is 0.760. The molecule has 0 bridgehead atoms. The summed E-state index contributed by atoms with van der Waals surface area (Å²) in [6.45, 7) is 2.09. The van der Waals surface area contributed by atoms with Gasteiger partial charge < -0.3 is 4.74 Å². The zero-order chi connectivity index (χ0) is 13.2. The topological polar surface area (TPSA) is 39.4 Å². The van der Waals surface area contributed by atoms with Gasteiger partial charge in [0, 0.05) is 6.42 Å². The molecule has 2 heterocycles. The van der Waals surface area contributed by atoms with Crippen molar-refractivity contribution in [2.45, 2.75) is 13.3 Å². The largest absolute Gasteiger partial charge is 0.495 e. The molecular weight excluding hydrogens is 238 g/mol. The molecule has 0 aliphatic carbocycles. The molecule has 2 aromatic heterocycles. The van der Waals surface area contributed by atoms with Gasteiger partial charge in [-0.15, -0.1) is 10.2 Å². The van der Waals surface area contributed by atoms with Crippen molar-refractivity contribution in [1.82, 2.24) is 14.6 Å². The summed E-state index contributed by atoms with van der Waals surface area (Å²) in [6.07, 6.45) is 2.68. The zero-order valence-corrected chi connectivity index (χ0v) is 11.0. The molecule has 4 nitrogen and oxygen atoms in total. The lowest BCUT2D eigenvalue weighted by Gasteiger charge is -2.04. The van der Waals surface area contributed by atoms with Crippen LogP contribution >= 0.6 is 0 Å². The first-order chi connectivity index (χ1) is 9.26. The molecule has 3 aromatic rings. The smallest absolute Gasteiger partial charge is 0.161 e. The molecule has 0 radical (unpaired) electrons. The standard InChI is InChI=1S/C15H15N3O/c1-11-4-3-5-12(8-11)9-15-17-16-14-7-6-13(19-2)10-18(14)15/h3-8,10H,9H2,1-2H3. The highest BCUT2D eigenvalue weighted by Crippen LogP contribution is 2.15. The lowest BCUT2D eigenvalue weighted by Crippen LogP contribution is -1.97. The van der Waals surface area contributed by atoms with Gasteiger partial charge in [-0.05, 0) is 24.6 Å². The van der Waals surface area contributed by atoms with Crippen molar-refractivity contribution < 1.29 is 4.74 Å². The molecule has 0 aliphatic rings. The van der Waals surface area contributed by atoms with E-state index >= 15 is 0 Å². The van der Waals surface area contributed by atoms with Gasteiger partial charge in [0.25, 0.3) is 0 Å². The average Bonchev–Trinajstić information content (AvgIpc) is 2.81. The molecule has 0 saturated heterocycles. The van der Waals surface area contributed by atoms with Crippen molar-refractivity contribution in [3.8, 4) is 5.75 Å². The van der Waals surface area contributed by atoms with Crippen LogP contribution in [-0.4, -0.2) is 21.7 Å². The lowest BCUT2D eigenvalue weighted by atomic mass is 10.1. The van der Waals surface area contributed by atoms with Crippen molar-refractivity contribution in [1.29, 1.82) is 0 Å². The second kappa shape index (κ2) is 4.72. The highest BCUT2D eigenvalue weighted by molar-refractivity contribution is 5.42. The Labute approximate surface area is 111 Å². The molecule has 4 heteroatoms. The number of benzene rings is 1. The summed E-state index contributed by atoms with van der Waals surface area (Å²) in [5.74, 6) is 1.72. The maximum atomic E-state index is 5.24. The van der Waals surface area contributed by atoms with Crippen LogP contribution in [0.3, 0.4) is 0 Å². The van der Waals surface area contributed by atoms with E-state index in [2.05, 4.69) is 41.4 Å². The average molecular weight is 253 g/mol. The molecule has 0 spiro atoms. The van der Waals surface area contributed by atoms with Gasteiger partial charge in [-0.25, -0.2) is 0 Å². The van der Waals surface area contributed by atoms with Gasteiger partial charge >= 0.3 is 0 Å². The summed E-state index contributed by atoms with van der Waals surface area (Å²) in [7, 11) is 1.66. The second-order valence-corrected chi connectivity index (χ2v) is 4.58. The van der Waals surface area contributed by atoms with Crippen LogP contribution < -0.4 is 4.74 Å². The third kappa shape index (κ3) is 2.29. The summed E-state index contributed by atoms with van der Waals surface area (Å²) in [6, 6.07) is 12.2. The SMILES string of the molecule is COc1ccc2nnc(Cc3cccc(C)c3)n2c1. The van der Waals surface area contributed by atoms with Crippen LogP contribution in [0.1, 0.15) is 17.0 Å². The fourth-order valence-corrected chi connectivity index (χ4v) is 2.16. The van der Waals surface area contributed by atoms with Crippen LogP contribution in [0, 0.1) is 6.92 Å². The van der Waals surface area contributed by atoms with E-state index in [-0.39, 0.29) is 0 Å². The Bertz CT molecular complexity index is 718. The van der Waals surface area contributed by atoms with E-state index in [4.69, 9.17) is 4.74 Å². The fraction of sp³-hybridized carbons (Fsp3) is 0.200. The molecule has 1 aromatic carbocycles. The molecule has 3 rings (SSSR count). The van der Waals surface area contributed by atoms with Crippen molar-refractivity contribution in [2.75, 3.05) is 7.11 Å². The van der Waals surface area contributed by atoms with E-state index < -0.39 is 0 Å². The van der Waals surface area contributed by atoms with E-state index in [0.717, 1.165) is 23.6 Å². The number of hydrogen-bond acceptors (Lipinski definition) is 3. The van der Waals surface area contributed by atoms with Gasteiger partial charge in [-0.2, -0.15) is 0 Å². The first-order valence-electron chi connectivity index (χ1n) is 6.19. The first kappa shape index (κ1) is 11.7. The van der Waals surface area contributed by atoms with Crippen LogP contribution in [-0.2, 0) is 6.42 Å². The number of nitrogens with zero attached hydrogens (tertiary/aromatic N) is 3. The number of pyridine rings is 1. The molecular formula is C15H15N3O. The lowest BCUT2D eigenvalue weighted by molar-refractivity contribution is 0.412. The Morgan fingerprint density at radius 1 is 1.16 bits per heavy atom. The molecule has 96 valence electrons. The number of aromatic nitrogens is 3. The Hall–Kier alpha value is -2.36. The summed E-state index contributed by atoms with van der Waals surface area (Å²) in [5.41, 5.74) is 3.32. The molecule has 0 unspecified atom stereocenters. The minimum Gasteiger partial charge on any atom is -0.495 e. The fourth-order valence-electron chi connectivity index (χ4n) is 2.16. The molecule has 0 amide bonds. The van der Waals surface area contributed by atoms with Gasteiger partial charge in [0.2, 0.25) is 0 Å². The number of fused-ring (bicyclic) bond motifs is 1. The van der Waals surface area contributed by atoms with Crippen molar-refractivity contribution >= 4 is 5.65 Å². The van der Waals surface area contributed by atoms with Gasteiger partial charge in [-0.1, -0.05) is 29.8 Å². The van der Waals surface area contributed by atoms with E-state index in [1.807, 2.05) is 22.7 Å². The maximum absolute atomic E-state index is 5.24. The highest BCUT2D eigenvalue weighted by Gasteiger charge is 2.07. The number of methoxy groups -OCH3 is 1. The summed E-state index contributed by atoms with van der Waals surface area (Å²) in [5, 5.41) is 8.42. The van der Waals surface area contributed by atoms with Crippen LogP contribution in [0.2, 0.25) is 0 Å². The molecule has 19 heavy (non-hydrogen) atoms. The Balaban J connectivity index is 2.00. The number of aryl methyl sites for hydroxylation is 1. The normalized spacial score (nSPS) is 10.8. The predicted molar refractivity (Wildman–Crippen MR) is 73.5 cm³/mol. The van der Waals surface area contributed by atoms with Crippen LogP contribution in [0.15, 0.2) is 42.6 Å². The quantitative estimate of drug-likeness (QED) is 0.720. The van der Waals surface area contributed by atoms with Crippen molar-refractivity contribution in [3.63, 3.8) is 0 Å². The predicted octanol–water partition coefficient (Wildman–Crippen LogP) is 2.64. The van der Waals surface area contributed by atoms with Crippen LogP contribution in [0.4, 0.5) is 0 Å². The molecule has 0 N–H and O–H groups in total. The zero-order valence-electron chi connectivity index (χ0n) is 11.0. The van der Waals surface area contributed by atoms with E-state index in [1.165, 1.54) is 11.1 Å². The van der Waals surface area contributed by atoms with Crippen LogP contribution in [0.5, 0.6) is 5.75 Å². The minimum atomic E-state index is 0.760. The summed E-state index contributed by atoms with van der Waals surface area (Å²) < 4.78 is 7.21. The van der Waals surface area contributed by atoms with Gasteiger partial charge in [0.15, 0.2) is 5.65 Å². The van der Waals surface area contributed by atoms with Crippen molar-refractivity contribution in [3.05, 3.63) is 59.5 Å². The Morgan fingerprint density at radius 3 is 2.84 bits per heavy atom. The van der Waals surface area contributed by atoms with E-state index in [9.17, 15) is 0 Å². The second-order valence-electron chi connectivity index (χ2n) is 4.58. The number of ether oxygens (including phenoxy) is 1. The first-order valence-corrected chi connectivity index (χ1v) is 6.19. The van der Waals surface area contributed by atoms with E-state index in [1.54, 1.807) is 7.11 Å². The van der Waals surface area contributed by atoms with Crippen molar-refractivity contribution in [2.24, 2.45) is 0 Å². The van der Waals surface area contributed by atoms with Crippen LogP contribution in [0.25, 0.3) is 5.65 Å². The molecule has 0 saturated carbocycles. The monoisotopic (exact) mass is 253 g/mol. The van der Waals surface area contributed by atoms with Gasteiger partial charge in [-0.3, -0.25) is 4.40 Å². The maximum Gasteiger partial charge on any atom is 0.161 e. The molecule has 0 atom stereocenters. The Morgan fingerprint density at radius 2 is 2.05 bits per heavy atom. The number of hydrogen-bond donors (Lipinski definition) is 0. The van der Waals surface area contributed by atoms with Gasteiger partial charge in [0.05, 0.1) is 13.3 Å². The number of rotatable bonds is 3.